The van der Waals surface area contributed by atoms with Crippen molar-refractivity contribution in [3.8, 4) is 0 Å². The number of ether oxygens (including phenoxy) is 1. The molecule has 7 heteroatoms. The van der Waals surface area contributed by atoms with Crippen LogP contribution < -0.4 is 11.2 Å². The van der Waals surface area contributed by atoms with Crippen LogP contribution in [0.1, 0.15) is 43.1 Å². The number of carbonyl (C=O) groups is 2. The average Bonchev–Trinajstić information content (AvgIpc) is 2.56. The summed E-state index contributed by atoms with van der Waals surface area (Å²) in [7, 11) is 0. The maximum atomic E-state index is 12.6. The predicted molar refractivity (Wildman–Crippen MR) is 96.3 cm³/mol. The number of carbonyl (C=O) groups excluding carboxylic acids is 2. The molecular formula is C19H22N2O5. The second kappa shape index (κ2) is 7.51. The van der Waals surface area contributed by atoms with E-state index < -0.39 is 28.7 Å². The van der Waals surface area contributed by atoms with Gasteiger partial charge in [-0.05, 0) is 39.8 Å². The Morgan fingerprint density at radius 2 is 1.69 bits per heavy atom. The third-order valence-electron chi connectivity index (χ3n) is 3.53. The Bertz CT molecular complexity index is 933. The Balaban J connectivity index is 2.35. The summed E-state index contributed by atoms with van der Waals surface area (Å²) in [6.45, 7) is 6.78. The Morgan fingerprint density at radius 3 is 2.27 bits per heavy atom. The first kappa shape index (κ1) is 19.4. The molecule has 0 saturated heterocycles. The van der Waals surface area contributed by atoms with Gasteiger partial charge in [0.05, 0.1) is 6.42 Å². The SMILES string of the molecule is Cc1cn(CCC(=O)OC(C)(C)C)c(=O)n(C(=O)c2ccccc2)c1=O. The summed E-state index contributed by atoms with van der Waals surface area (Å²) in [6, 6.07) is 8.09. The Kier molecular flexibility index (Phi) is 5.59. The van der Waals surface area contributed by atoms with E-state index in [1.54, 1.807) is 39.0 Å². The van der Waals surface area contributed by atoms with Gasteiger partial charge >= 0.3 is 11.7 Å². The molecule has 0 radical (unpaired) electrons. The molecule has 1 aromatic heterocycles. The number of benzene rings is 1. The van der Waals surface area contributed by atoms with Crippen LogP contribution in [0.4, 0.5) is 0 Å². The fourth-order valence-corrected chi connectivity index (χ4v) is 2.39. The zero-order valence-corrected chi connectivity index (χ0v) is 15.3. The van der Waals surface area contributed by atoms with Gasteiger partial charge in [-0.25, -0.2) is 4.79 Å². The van der Waals surface area contributed by atoms with Crippen molar-refractivity contribution in [2.75, 3.05) is 0 Å². The zero-order valence-electron chi connectivity index (χ0n) is 15.3. The van der Waals surface area contributed by atoms with Crippen molar-refractivity contribution in [3.63, 3.8) is 0 Å². The van der Waals surface area contributed by atoms with E-state index in [1.807, 2.05) is 0 Å². The monoisotopic (exact) mass is 358 g/mol. The number of aryl methyl sites for hydroxylation is 2. The maximum Gasteiger partial charge on any atom is 0.338 e. The average molecular weight is 358 g/mol. The molecule has 0 aliphatic rings. The van der Waals surface area contributed by atoms with Gasteiger partial charge in [0.2, 0.25) is 0 Å². The lowest BCUT2D eigenvalue weighted by atomic mass is 10.2. The predicted octanol–water partition coefficient (Wildman–Crippen LogP) is 1.74. The first-order valence-corrected chi connectivity index (χ1v) is 8.25. The number of nitrogens with zero attached hydrogens (tertiary/aromatic N) is 2. The van der Waals surface area contributed by atoms with Crippen molar-refractivity contribution < 1.29 is 14.3 Å². The van der Waals surface area contributed by atoms with Crippen molar-refractivity contribution in [2.45, 2.75) is 46.3 Å². The number of aromatic nitrogens is 2. The highest BCUT2D eigenvalue weighted by Gasteiger charge is 2.19. The van der Waals surface area contributed by atoms with E-state index in [2.05, 4.69) is 0 Å². The number of esters is 1. The summed E-state index contributed by atoms with van der Waals surface area (Å²) < 4.78 is 6.99. The van der Waals surface area contributed by atoms with Gasteiger partial charge in [-0.15, -0.1) is 0 Å². The van der Waals surface area contributed by atoms with Gasteiger partial charge in [0.25, 0.3) is 11.5 Å². The van der Waals surface area contributed by atoms with Crippen LogP contribution >= 0.6 is 0 Å². The summed E-state index contributed by atoms with van der Waals surface area (Å²) >= 11 is 0. The maximum absolute atomic E-state index is 12.6. The zero-order chi connectivity index (χ0) is 19.5. The van der Waals surface area contributed by atoms with Crippen LogP contribution in [0, 0.1) is 6.92 Å². The van der Waals surface area contributed by atoms with E-state index in [-0.39, 0.29) is 24.1 Å². The van der Waals surface area contributed by atoms with E-state index in [9.17, 15) is 19.2 Å². The van der Waals surface area contributed by atoms with Gasteiger partial charge in [-0.1, -0.05) is 18.2 Å². The summed E-state index contributed by atoms with van der Waals surface area (Å²) in [5, 5.41) is 0. The molecule has 2 aromatic rings. The largest absolute Gasteiger partial charge is 0.460 e. The molecule has 0 fully saturated rings. The summed E-state index contributed by atoms with van der Waals surface area (Å²) in [5.41, 5.74) is -1.61. The van der Waals surface area contributed by atoms with Gasteiger partial charge < -0.3 is 4.74 Å². The van der Waals surface area contributed by atoms with Crippen LogP contribution in [-0.4, -0.2) is 26.6 Å². The van der Waals surface area contributed by atoms with Crippen molar-refractivity contribution >= 4 is 11.9 Å². The van der Waals surface area contributed by atoms with Crippen molar-refractivity contribution in [1.82, 2.24) is 9.13 Å². The minimum absolute atomic E-state index is 0.0108. The third kappa shape index (κ3) is 4.56. The Labute approximate surface area is 150 Å². The first-order chi connectivity index (χ1) is 12.1. The van der Waals surface area contributed by atoms with Crippen LogP contribution in [0.2, 0.25) is 0 Å². The van der Waals surface area contributed by atoms with Crippen LogP contribution in [-0.2, 0) is 16.1 Å². The van der Waals surface area contributed by atoms with Crippen LogP contribution in [0.25, 0.3) is 0 Å². The molecule has 138 valence electrons. The lowest BCUT2D eigenvalue weighted by molar-refractivity contribution is -0.155. The second-order valence-electron chi connectivity index (χ2n) is 6.94. The summed E-state index contributed by atoms with van der Waals surface area (Å²) in [5.74, 6) is -1.16. The minimum atomic E-state index is -0.780. The fourth-order valence-electron chi connectivity index (χ4n) is 2.39. The van der Waals surface area contributed by atoms with Crippen molar-refractivity contribution in [1.29, 1.82) is 0 Å². The number of hydrogen-bond acceptors (Lipinski definition) is 5. The molecule has 0 amide bonds. The van der Waals surface area contributed by atoms with Crippen LogP contribution in [0.15, 0.2) is 46.1 Å². The standard InChI is InChI=1S/C19H22N2O5/c1-13-12-20(11-10-15(22)26-19(2,3)4)18(25)21(16(13)23)17(24)14-8-6-5-7-9-14/h5-9,12H,10-11H2,1-4H3. The lowest BCUT2D eigenvalue weighted by Crippen LogP contribution is -2.44. The van der Waals surface area contributed by atoms with E-state index in [1.165, 1.54) is 29.8 Å². The summed E-state index contributed by atoms with van der Waals surface area (Å²) in [6.07, 6.45) is 1.30. The van der Waals surface area contributed by atoms with E-state index >= 15 is 0 Å². The van der Waals surface area contributed by atoms with E-state index in [0.29, 0.717) is 4.57 Å². The van der Waals surface area contributed by atoms with Gasteiger partial charge in [0.15, 0.2) is 0 Å². The van der Waals surface area contributed by atoms with Crippen LogP contribution in [0.5, 0.6) is 0 Å². The van der Waals surface area contributed by atoms with Gasteiger partial charge in [-0.3, -0.25) is 19.0 Å². The molecule has 0 aliphatic heterocycles. The molecule has 26 heavy (non-hydrogen) atoms. The summed E-state index contributed by atoms with van der Waals surface area (Å²) in [4.78, 5) is 49.4. The molecule has 0 N–H and O–H groups in total. The molecule has 0 spiro atoms. The molecule has 0 atom stereocenters. The number of rotatable bonds is 4. The second-order valence-corrected chi connectivity index (χ2v) is 6.94. The smallest absolute Gasteiger partial charge is 0.338 e. The highest BCUT2D eigenvalue weighted by Crippen LogP contribution is 2.08. The van der Waals surface area contributed by atoms with Crippen molar-refractivity contribution in [2.24, 2.45) is 0 Å². The molecule has 0 aliphatic carbocycles. The lowest BCUT2D eigenvalue weighted by Gasteiger charge is -2.19. The van der Waals surface area contributed by atoms with Gasteiger partial charge in [0, 0.05) is 23.9 Å². The van der Waals surface area contributed by atoms with Crippen molar-refractivity contribution in [3.05, 3.63) is 68.5 Å². The fraction of sp³-hybridized carbons (Fsp3) is 0.368. The minimum Gasteiger partial charge on any atom is -0.460 e. The molecule has 1 aromatic carbocycles. The molecule has 0 bridgehead atoms. The van der Waals surface area contributed by atoms with Crippen LogP contribution in [0.3, 0.4) is 0 Å². The quantitative estimate of drug-likeness (QED) is 0.777. The van der Waals surface area contributed by atoms with E-state index in [4.69, 9.17) is 4.74 Å². The highest BCUT2D eigenvalue weighted by molar-refractivity contribution is 5.95. The molecule has 0 saturated carbocycles. The Morgan fingerprint density at radius 1 is 1.08 bits per heavy atom. The highest BCUT2D eigenvalue weighted by atomic mass is 16.6. The molecule has 0 unspecified atom stereocenters. The van der Waals surface area contributed by atoms with E-state index in [0.717, 1.165) is 0 Å². The number of hydrogen-bond donors (Lipinski definition) is 0. The van der Waals surface area contributed by atoms with Gasteiger partial charge in [0.1, 0.15) is 5.60 Å². The first-order valence-electron chi connectivity index (χ1n) is 8.25. The molecule has 2 rings (SSSR count). The topological polar surface area (TPSA) is 87.4 Å². The third-order valence-corrected chi connectivity index (χ3v) is 3.53. The molecule has 1 heterocycles. The van der Waals surface area contributed by atoms with Gasteiger partial charge in [-0.2, -0.15) is 4.57 Å². The molecular weight excluding hydrogens is 336 g/mol. The normalized spacial score (nSPS) is 11.2. The molecule has 7 nitrogen and oxygen atoms in total. The Hall–Kier alpha value is -2.96.